The molecular weight excluding hydrogens is 342 g/mol. The number of Topliss-reactive ketones (excluding diaryl/α,β-unsaturated/α-hetero) is 1. The summed E-state index contributed by atoms with van der Waals surface area (Å²) >= 11 is 1.74. The van der Waals surface area contributed by atoms with Crippen LogP contribution in [0, 0.1) is 12.8 Å². The van der Waals surface area contributed by atoms with Gasteiger partial charge in [0.15, 0.2) is 5.78 Å². The van der Waals surface area contributed by atoms with Crippen LogP contribution in [0.3, 0.4) is 0 Å². The number of carbonyl (C=O) groups excluding carboxylic acids is 1. The predicted molar refractivity (Wildman–Crippen MR) is 107 cm³/mol. The molecule has 0 spiro atoms. The van der Waals surface area contributed by atoms with Gasteiger partial charge in [-0.2, -0.15) is 0 Å². The Morgan fingerprint density at radius 3 is 2.77 bits per heavy atom. The Balaban J connectivity index is 1.69. The van der Waals surface area contributed by atoms with E-state index in [2.05, 4.69) is 31.2 Å². The second-order valence-electron chi connectivity index (χ2n) is 7.06. The third-order valence-corrected chi connectivity index (χ3v) is 6.54. The van der Waals surface area contributed by atoms with E-state index in [9.17, 15) is 4.79 Å². The molecule has 3 nitrogen and oxygen atoms in total. The number of thioether (sulfide) groups is 1. The van der Waals surface area contributed by atoms with Gasteiger partial charge in [0.1, 0.15) is 5.54 Å². The Morgan fingerprint density at radius 2 is 1.96 bits per heavy atom. The van der Waals surface area contributed by atoms with E-state index in [0.29, 0.717) is 18.9 Å². The molecule has 0 N–H and O–H groups in total. The molecule has 0 amide bonds. The molecule has 2 aromatic rings. The van der Waals surface area contributed by atoms with E-state index in [1.807, 2.05) is 30.3 Å². The molecule has 2 heterocycles. The first-order chi connectivity index (χ1) is 12.7. The van der Waals surface area contributed by atoms with E-state index in [1.165, 1.54) is 11.1 Å². The molecule has 4 rings (SSSR count). The van der Waals surface area contributed by atoms with Crippen molar-refractivity contribution < 1.29 is 9.53 Å². The fourth-order valence-corrected chi connectivity index (χ4v) is 5.27. The summed E-state index contributed by atoms with van der Waals surface area (Å²) in [6.45, 7) is 3.54. The number of aliphatic imine (C=N–C) groups is 1. The lowest BCUT2D eigenvalue weighted by molar-refractivity contribution is 0.00422. The molecule has 0 unspecified atom stereocenters. The number of carbonyl (C=O) groups is 1. The van der Waals surface area contributed by atoms with E-state index in [-0.39, 0.29) is 11.3 Å². The molecule has 2 aliphatic rings. The number of hydrogen-bond donors (Lipinski definition) is 0. The van der Waals surface area contributed by atoms with Gasteiger partial charge >= 0.3 is 0 Å². The van der Waals surface area contributed by atoms with Crippen LogP contribution in [0.25, 0.3) is 0 Å². The highest BCUT2D eigenvalue weighted by molar-refractivity contribution is 8.14. The predicted octanol–water partition coefficient (Wildman–Crippen LogP) is 4.65. The molecule has 4 heteroatoms. The Bertz CT molecular complexity index is 833. The Labute approximate surface area is 158 Å². The minimum atomic E-state index is -0.346. The smallest absolute Gasteiger partial charge is 0.169 e. The Kier molecular flexibility index (Phi) is 4.96. The van der Waals surface area contributed by atoms with Crippen molar-refractivity contribution in [1.82, 2.24) is 0 Å². The second kappa shape index (κ2) is 7.37. The van der Waals surface area contributed by atoms with Crippen LogP contribution in [0.5, 0.6) is 0 Å². The zero-order valence-corrected chi connectivity index (χ0v) is 15.8. The lowest BCUT2D eigenvalue weighted by Gasteiger charge is -2.45. The van der Waals surface area contributed by atoms with Gasteiger partial charge < -0.3 is 4.74 Å². The summed E-state index contributed by atoms with van der Waals surface area (Å²) in [5, 5.41) is 0.934. The van der Waals surface area contributed by atoms with E-state index < -0.39 is 0 Å². The number of nitrogens with zero attached hydrogens (tertiary/aromatic N) is 1. The number of rotatable bonds is 4. The molecule has 1 fully saturated rings. The highest BCUT2D eigenvalue weighted by atomic mass is 32.2. The van der Waals surface area contributed by atoms with Crippen molar-refractivity contribution in [2.45, 2.75) is 25.3 Å². The Hall–Kier alpha value is -1.91. The van der Waals surface area contributed by atoms with Crippen molar-refractivity contribution in [3.8, 4) is 0 Å². The maximum atomic E-state index is 12.7. The van der Waals surface area contributed by atoms with Gasteiger partial charge in [0, 0.05) is 23.8 Å². The van der Waals surface area contributed by atoms with Gasteiger partial charge in [-0.25, -0.2) is 0 Å². The van der Waals surface area contributed by atoms with E-state index in [4.69, 9.17) is 9.73 Å². The number of ketones is 1. The summed E-state index contributed by atoms with van der Waals surface area (Å²) in [5.41, 5.74) is 2.89. The molecule has 134 valence electrons. The van der Waals surface area contributed by atoms with Crippen LogP contribution in [-0.4, -0.2) is 29.8 Å². The van der Waals surface area contributed by atoms with Gasteiger partial charge in [-0.1, -0.05) is 54.6 Å². The number of aryl methyl sites for hydroxylation is 1. The number of ether oxygens (including phenoxy) is 1. The summed E-state index contributed by atoms with van der Waals surface area (Å²) in [4.78, 5) is 17.8. The quantitative estimate of drug-likeness (QED) is 0.741. The summed E-state index contributed by atoms with van der Waals surface area (Å²) in [6.07, 6.45) is 1.39. The summed E-state index contributed by atoms with van der Waals surface area (Å²) in [5.74, 6) is 1.59. The van der Waals surface area contributed by atoms with Gasteiger partial charge in [-0.15, -0.1) is 11.8 Å². The third-order valence-electron chi connectivity index (χ3n) is 5.40. The van der Waals surface area contributed by atoms with Crippen molar-refractivity contribution in [2.75, 3.05) is 19.0 Å². The molecule has 2 aromatic carbocycles. The zero-order chi connectivity index (χ0) is 18.0. The van der Waals surface area contributed by atoms with Crippen LogP contribution in [0.2, 0.25) is 0 Å². The molecule has 2 aliphatic heterocycles. The molecule has 0 aromatic heterocycles. The number of fused-ring (bicyclic) bond motifs is 1. The minimum absolute atomic E-state index is 0.131. The van der Waals surface area contributed by atoms with Crippen LogP contribution in [0.1, 0.15) is 34.3 Å². The first kappa shape index (κ1) is 17.5. The topological polar surface area (TPSA) is 38.7 Å². The fourth-order valence-electron chi connectivity index (χ4n) is 3.98. The van der Waals surface area contributed by atoms with E-state index in [0.717, 1.165) is 29.4 Å². The SMILES string of the molecule is Cc1ccccc1[C@]12COCC[C@H]1CSC(CC(=O)c1ccccc1)=N2. The highest BCUT2D eigenvalue weighted by Gasteiger charge is 2.46. The molecule has 1 saturated heterocycles. The molecule has 0 saturated carbocycles. The molecule has 26 heavy (non-hydrogen) atoms. The van der Waals surface area contributed by atoms with Crippen molar-refractivity contribution in [3.05, 3.63) is 71.3 Å². The van der Waals surface area contributed by atoms with Crippen LogP contribution in [0.4, 0.5) is 0 Å². The Morgan fingerprint density at radius 1 is 1.19 bits per heavy atom. The molecule has 0 bridgehead atoms. The van der Waals surface area contributed by atoms with Crippen LogP contribution in [0.15, 0.2) is 59.6 Å². The standard InChI is InChI=1S/C22H23NO2S/c1-16-7-5-6-10-19(16)22-15-25-12-11-18(22)14-26-21(23-22)13-20(24)17-8-3-2-4-9-17/h2-10,18H,11-15H2,1H3/t18-,22-/m0/s1. The maximum Gasteiger partial charge on any atom is 0.169 e. The van der Waals surface area contributed by atoms with Crippen LogP contribution in [-0.2, 0) is 10.3 Å². The third kappa shape index (κ3) is 3.24. The summed E-state index contributed by atoms with van der Waals surface area (Å²) < 4.78 is 5.89. The zero-order valence-electron chi connectivity index (χ0n) is 15.0. The first-order valence-corrected chi connectivity index (χ1v) is 10.1. The van der Waals surface area contributed by atoms with Crippen molar-refractivity contribution in [2.24, 2.45) is 10.9 Å². The lowest BCUT2D eigenvalue weighted by Crippen LogP contribution is -2.47. The summed E-state index contributed by atoms with van der Waals surface area (Å²) in [6, 6.07) is 18.0. The highest BCUT2D eigenvalue weighted by Crippen LogP contribution is 2.46. The molecule has 0 radical (unpaired) electrons. The van der Waals surface area contributed by atoms with E-state index >= 15 is 0 Å². The monoisotopic (exact) mass is 365 g/mol. The van der Waals surface area contributed by atoms with Crippen molar-refractivity contribution >= 4 is 22.6 Å². The van der Waals surface area contributed by atoms with Gasteiger partial charge in [-0.05, 0) is 24.5 Å². The minimum Gasteiger partial charge on any atom is -0.379 e. The van der Waals surface area contributed by atoms with Gasteiger partial charge in [-0.3, -0.25) is 9.79 Å². The number of hydrogen-bond acceptors (Lipinski definition) is 4. The summed E-state index contributed by atoms with van der Waals surface area (Å²) in [7, 11) is 0. The van der Waals surface area contributed by atoms with Gasteiger partial charge in [0.05, 0.1) is 18.1 Å². The molecule has 2 atom stereocenters. The van der Waals surface area contributed by atoms with Gasteiger partial charge in [0.2, 0.25) is 0 Å². The average molecular weight is 365 g/mol. The lowest BCUT2D eigenvalue weighted by atomic mass is 9.75. The largest absolute Gasteiger partial charge is 0.379 e. The van der Waals surface area contributed by atoms with Gasteiger partial charge in [0.25, 0.3) is 0 Å². The van der Waals surface area contributed by atoms with Crippen LogP contribution < -0.4 is 0 Å². The van der Waals surface area contributed by atoms with Crippen LogP contribution >= 0.6 is 11.8 Å². The van der Waals surface area contributed by atoms with Crippen molar-refractivity contribution in [1.29, 1.82) is 0 Å². The van der Waals surface area contributed by atoms with E-state index in [1.54, 1.807) is 11.8 Å². The second-order valence-corrected chi connectivity index (χ2v) is 8.15. The maximum absolute atomic E-state index is 12.7. The fraction of sp³-hybridized carbons (Fsp3) is 0.364. The first-order valence-electron chi connectivity index (χ1n) is 9.13. The average Bonchev–Trinajstić information content (AvgIpc) is 2.68. The van der Waals surface area contributed by atoms with Crippen molar-refractivity contribution in [3.63, 3.8) is 0 Å². The normalized spacial score (nSPS) is 25.3. The molecular formula is C22H23NO2S. The number of benzene rings is 2. The molecule has 0 aliphatic carbocycles.